The number of aryl methyl sites for hydroxylation is 1. The SMILES string of the molecule is Cc1cc2ccccc2n1C(=O)C(C)(C)C. The quantitative estimate of drug-likeness (QED) is 0.657. The number of hydrogen-bond donors (Lipinski definition) is 0. The molecule has 0 amide bonds. The maximum absolute atomic E-state index is 12.3. The van der Waals surface area contributed by atoms with Crippen molar-refractivity contribution in [2.45, 2.75) is 27.7 Å². The third-order valence-corrected chi connectivity index (χ3v) is 2.74. The highest BCUT2D eigenvalue weighted by atomic mass is 16.2. The Morgan fingerprint density at radius 3 is 2.44 bits per heavy atom. The molecule has 0 aliphatic heterocycles. The lowest BCUT2D eigenvalue weighted by Crippen LogP contribution is -2.27. The Labute approximate surface area is 95.9 Å². The van der Waals surface area contributed by atoms with Crippen LogP contribution in [0.5, 0.6) is 0 Å². The molecule has 0 atom stereocenters. The van der Waals surface area contributed by atoms with Gasteiger partial charge in [-0.2, -0.15) is 0 Å². The zero-order valence-electron chi connectivity index (χ0n) is 10.2. The van der Waals surface area contributed by atoms with Crippen LogP contribution in [0.4, 0.5) is 0 Å². The van der Waals surface area contributed by atoms with E-state index >= 15 is 0 Å². The first-order chi connectivity index (χ1) is 7.41. The van der Waals surface area contributed by atoms with Crippen molar-refractivity contribution in [3.63, 3.8) is 0 Å². The smallest absolute Gasteiger partial charge is 0.236 e. The standard InChI is InChI=1S/C14H17NO/c1-10-9-11-7-5-6-8-12(11)15(10)13(16)14(2,3)4/h5-9H,1-4H3. The Bertz CT molecular complexity index is 543. The second-order valence-corrected chi connectivity index (χ2v) is 5.24. The molecule has 0 radical (unpaired) electrons. The number of hydrogen-bond acceptors (Lipinski definition) is 1. The minimum atomic E-state index is -0.355. The molecular weight excluding hydrogens is 198 g/mol. The maximum Gasteiger partial charge on any atom is 0.236 e. The Balaban J connectivity index is 2.69. The summed E-state index contributed by atoms with van der Waals surface area (Å²) in [5, 5.41) is 1.12. The summed E-state index contributed by atoms with van der Waals surface area (Å²) in [4.78, 5) is 12.3. The summed E-state index contributed by atoms with van der Waals surface area (Å²) in [6.45, 7) is 7.82. The van der Waals surface area contributed by atoms with E-state index < -0.39 is 0 Å². The minimum absolute atomic E-state index is 0.145. The number of carbonyl (C=O) groups excluding carboxylic acids is 1. The molecule has 2 rings (SSSR count). The summed E-state index contributed by atoms with van der Waals surface area (Å²) in [5.41, 5.74) is 1.65. The molecule has 2 aromatic rings. The second-order valence-electron chi connectivity index (χ2n) is 5.24. The molecule has 0 fully saturated rings. The van der Waals surface area contributed by atoms with Crippen LogP contribution >= 0.6 is 0 Å². The molecule has 0 aliphatic carbocycles. The number of rotatable bonds is 0. The van der Waals surface area contributed by atoms with E-state index in [1.54, 1.807) is 0 Å². The van der Waals surface area contributed by atoms with Crippen LogP contribution in [-0.2, 0) is 0 Å². The molecule has 0 N–H and O–H groups in total. The first-order valence-corrected chi connectivity index (χ1v) is 5.53. The van der Waals surface area contributed by atoms with Gasteiger partial charge in [0.2, 0.25) is 5.91 Å². The third kappa shape index (κ3) is 1.64. The molecule has 0 unspecified atom stereocenters. The molecule has 84 valence electrons. The summed E-state index contributed by atoms with van der Waals surface area (Å²) in [5.74, 6) is 0.145. The van der Waals surface area contributed by atoms with Gasteiger partial charge in [0.05, 0.1) is 5.52 Å². The van der Waals surface area contributed by atoms with E-state index in [2.05, 4.69) is 6.07 Å². The number of para-hydroxylation sites is 1. The predicted molar refractivity (Wildman–Crippen MR) is 66.8 cm³/mol. The first kappa shape index (κ1) is 10.9. The zero-order chi connectivity index (χ0) is 11.9. The van der Waals surface area contributed by atoms with E-state index in [4.69, 9.17) is 0 Å². The first-order valence-electron chi connectivity index (χ1n) is 5.53. The molecule has 1 aromatic heterocycles. The van der Waals surface area contributed by atoms with Gasteiger partial charge in [0.15, 0.2) is 0 Å². The van der Waals surface area contributed by atoms with Crippen molar-refractivity contribution in [3.8, 4) is 0 Å². The molecular formula is C14H17NO. The molecule has 0 spiro atoms. The van der Waals surface area contributed by atoms with E-state index in [1.165, 1.54) is 0 Å². The summed E-state index contributed by atoms with van der Waals surface area (Å²) >= 11 is 0. The Morgan fingerprint density at radius 2 is 1.81 bits per heavy atom. The largest absolute Gasteiger partial charge is 0.284 e. The number of fused-ring (bicyclic) bond motifs is 1. The third-order valence-electron chi connectivity index (χ3n) is 2.74. The van der Waals surface area contributed by atoms with Crippen molar-refractivity contribution in [1.29, 1.82) is 0 Å². The van der Waals surface area contributed by atoms with Crippen LogP contribution in [0.25, 0.3) is 10.9 Å². The van der Waals surface area contributed by atoms with Gasteiger partial charge in [0.25, 0.3) is 0 Å². The van der Waals surface area contributed by atoms with E-state index in [9.17, 15) is 4.79 Å². The Morgan fingerprint density at radius 1 is 1.19 bits per heavy atom. The second kappa shape index (κ2) is 3.48. The van der Waals surface area contributed by atoms with Gasteiger partial charge in [0, 0.05) is 16.5 Å². The number of benzene rings is 1. The van der Waals surface area contributed by atoms with E-state index in [0.717, 1.165) is 16.6 Å². The lowest BCUT2D eigenvalue weighted by Gasteiger charge is -2.19. The van der Waals surface area contributed by atoms with Crippen LogP contribution in [-0.4, -0.2) is 10.5 Å². The van der Waals surface area contributed by atoms with Gasteiger partial charge in [0.1, 0.15) is 0 Å². The summed E-state index contributed by atoms with van der Waals surface area (Å²) in [7, 11) is 0. The van der Waals surface area contributed by atoms with Gasteiger partial charge in [-0.1, -0.05) is 39.0 Å². The molecule has 2 heteroatoms. The molecule has 1 aromatic carbocycles. The molecule has 0 saturated heterocycles. The van der Waals surface area contributed by atoms with Crippen LogP contribution in [0.15, 0.2) is 30.3 Å². The van der Waals surface area contributed by atoms with Gasteiger partial charge in [-0.3, -0.25) is 9.36 Å². The average Bonchev–Trinajstić information content (AvgIpc) is 2.51. The van der Waals surface area contributed by atoms with Crippen molar-refractivity contribution in [2.75, 3.05) is 0 Å². The van der Waals surface area contributed by atoms with Crippen molar-refractivity contribution < 1.29 is 4.79 Å². The molecule has 0 saturated carbocycles. The van der Waals surface area contributed by atoms with Crippen molar-refractivity contribution in [1.82, 2.24) is 4.57 Å². The van der Waals surface area contributed by atoms with E-state index in [-0.39, 0.29) is 11.3 Å². The fourth-order valence-electron chi connectivity index (χ4n) is 1.90. The van der Waals surface area contributed by atoms with Crippen molar-refractivity contribution in [3.05, 3.63) is 36.0 Å². The molecule has 0 aliphatic rings. The van der Waals surface area contributed by atoms with Crippen LogP contribution in [0.1, 0.15) is 31.3 Å². The van der Waals surface area contributed by atoms with Crippen LogP contribution in [0.2, 0.25) is 0 Å². The summed E-state index contributed by atoms with van der Waals surface area (Å²) in [6.07, 6.45) is 0. The predicted octanol–water partition coefficient (Wildman–Crippen LogP) is 3.64. The van der Waals surface area contributed by atoms with Gasteiger partial charge in [-0.15, -0.1) is 0 Å². The van der Waals surface area contributed by atoms with Gasteiger partial charge >= 0.3 is 0 Å². The highest BCUT2D eigenvalue weighted by Gasteiger charge is 2.25. The van der Waals surface area contributed by atoms with Gasteiger partial charge in [-0.05, 0) is 19.1 Å². The topological polar surface area (TPSA) is 22.0 Å². The maximum atomic E-state index is 12.3. The summed E-state index contributed by atoms with van der Waals surface area (Å²) in [6, 6.07) is 10.0. The lowest BCUT2D eigenvalue weighted by molar-refractivity contribution is 0.0770. The number of nitrogens with zero attached hydrogens (tertiary/aromatic N) is 1. The van der Waals surface area contributed by atoms with Crippen molar-refractivity contribution in [2.24, 2.45) is 5.41 Å². The van der Waals surface area contributed by atoms with Crippen LogP contribution in [0.3, 0.4) is 0 Å². The molecule has 0 bridgehead atoms. The van der Waals surface area contributed by atoms with Crippen molar-refractivity contribution >= 4 is 16.8 Å². The highest BCUT2D eigenvalue weighted by molar-refractivity contribution is 5.95. The highest BCUT2D eigenvalue weighted by Crippen LogP contribution is 2.24. The van der Waals surface area contributed by atoms with E-state index in [0.29, 0.717) is 0 Å². The summed E-state index contributed by atoms with van der Waals surface area (Å²) < 4.78 is 1.81. The fourth-order valence-corrected chi connectivity index (χ4v) is 1.90. The Kier molecular flexibility index (Phi) is 2.38. The normalized spacial score (nSPS) is 12.0. The van der Waals surface area contributed by atoms with Gasteiger partial charge in [-0.25, -0.2) is 0 Å². The number of carbonyl (C=O) groups is 1. The molecule has 16 heavy (non-hydrogen) atoms. The van der Waals surface area contributed by atoms with Crippen LogP contribution in [0, 0.1) is 12.3 Å². The fraction of sp³-hybridized carbons (Fsp3) is 0.357. The van der Waals surface area contributed by atoms with Gasteiger partial charge < -0.3 is 0 Å². The lowest BCUT2D eigenvalue weighted by atomic mass is 9.95. The average molecular weight is 215 g/mol. The zero-order valence-corrected chi connectivity index (χ0v) is 10.2. The van der Waals surface area contributed by atoms with Crippen LogP contribution < -0.4 is 0 Å². The van der Waals surface area contributed by atoms with E-state index in [1.807, 2.05) is 56.5 Å². The number of aromatic nitrogens is 1. The Hall–Kier alpha value is -1.57. The monoisotopic (exact) mass is 215 g/mol. The molecule has 2 nitrogen and oxygen atoms in total. The molecule has 1 heterocycles. The minimum Gasteiger partial charge on any atom is -0.284 e.